The molecule has 0 fully saturated rings. The molecule has 1 aromatic carbocycles. The van der Waals surface area contributed by atoms with Crippen LogP contribution in [0.4, 0.5) is 8.78 Å². The Bertz CT molecular complexity index is 516. The van der Waals surface area contributed by atoms with E-state index in [1.165, 1.54) is 23.0 Å². The quantitative estimate of drug-likeness (QED) is 0.736. The summed E-state index contributed by atoms with van der Waals surface area (Å²) < 4.78 is 26.9. The van der Waals surface area contributed by atoms with Gasteiger partial charge in [-0.15, -0.1) is 0 Å². The Morgan fingerprint density at radius 2 is 2.00 bits per heavy atom. The van der Waals surface area contributed by atoms with Crippen molar-refractivity contribution in [3.05, 3.63) is 52.5 Å². The lowest BCUT2D eigenvalue weighted by atomic mass is 10.3. The van der Waals surface area contributed by atoms with Crippen LogP contribution in [0.5, 0.6) is 0 Å². The first kappa shape index (κ1) is 8.68. The number of hydrogen-bond acceptors (Lipinski definition) is 1. The van der Waals surface area contributed by atoms with Gasteiger partial charge in [0.15, 0.2) is 5.82 Å². The van der Waals surface area contributed by atoms with E-state index in [1.54, 1.807) is 0 Å². The molecule has 0 saturated heterocycles. The van der Waals surface area contributed by atoms with Gasteiger partial charge in [0.05, 0.1) is 5.69 Å². The van der Waals surface area contributed by atoms with E-state index in [0.29, 0.717) is 0 Å². The molecule has 3 nitrogen and oxygen atoms in total. The number of rotatable bonds is 1. The van der Waals surface area contributed by atoms with Crippen molar-refractivity contribution >= 4 is 0 Å². The molecule has 1 N–H and O–H groups in total. The highest BCUT2D eigenvalue weighted by Gasteiger charge is 2.05. The molecule has 0 unspecified atom stereocenters. The van der Waals surface area contributed by atoms with Crippen LogP contribution in [-0.2, 0) is 0 Å². The van der Waals surface area contributed by atoms with Crippen molar-refractivity contribution in [3.8, 4) is 5.69 Å². The van der Waals surface area contributed by atoms with Crippen molar-refractivity contribution in [2.45, 2.75) is 0 Å². The molecule has 0 bridgehead atoms. The Morgan fingerprint density at radius 1 is 1.21 bits per heavy atom. The largest absolute Gasteiger partial charge is 0.268 e. The molecule has 0 radical (unpaired) electrons. The monoisotopic (exact) mass is 196 g/mol. The van der Waals surface area contributed by atoms with Gasteiger partial charge in [-0.3, -0.25) is 14.6 Å². The lowest BCUT2D eigenvalue weighted by Gasteiger charge is -2.02. The molecule has 72 valence electrons. The van der Waals surface area contributed by atoms with Crippen molar-refractivity contribution in [1.82, 2.24) is 9.78 Å². The maximum absolute atomic E-state index is 13.2. The highest BCUT2D eigenvalue weighted by atomic mass is 19.1. The second-order valence-corrected chi connectivity index (χ2v) is 2.76. The number of benzene rings is 1. The van der Waals surface area contributed by atoms with Gasteiger partial charge in [0.2, 0.25) is 0 Å². The second kappa shape index (κ2) is 3.10. The first-order chi connectivity index (χ1) is 6.66. The molecule has 0 atom stereocenters. The first-order valence-corrected chi connectivity index (χ1v) is 3.90. The molecule has 0 amide bonds. The van der Waals surface area contributed by atoms with Crippen LogP contribution in [0, 0.1) is 11.6 Å². The molecule has 0 spiro atoms. The van der Waals surface area contributed by atoms with Crippen molar-refractivity contribution in [1.29, 1.82) is 0 Å². The SMILES string of the molecule is O=c1ccn(-c2ccc(F)cc2F)[nH]1. The maximum atomic E-state index is 13.2. The van der Waals surface area contributed by atoms with E-state index in [0.717, 1.165) is 12.1 Å². The van der Waals surface area contributed by atoms with Crippen LogP contribution in [0.15, 0.2) is 35.3 Å². The Hall–Kier alpha value is -1.91. The molecule has 2 rings (SSSR count). The highest BCUT2D eigenvalue weighted by molar-refractivity contribution is 5.32. The maximum Gasteiger partial charge on any atom is 0.264 e. The fourth-order valence-electron chi connectivity index (χ4n) is 1.15. The standard InChI is InChI=1S/C9H6F2N2O/c10-6-1-2-8(7(11)5-6)13-4-3-9(14)12-13/h1-5H,(H,12,14). The second-order valence-electron chi connectivity index (χ2n) is 2.76. The summed E-state index contributed by atoms with van der Waals surface area (Å²) in [5, 5.41) is 2.35. The molecule has 5 heteroatoms. The van der Waals surface area contributed by atoms with E-state index in [1.807, 2.05) is 0 Å². The summed E-state index contributed by atoms with van der Waals surface area (Å²) in [5.74, 6) is -1.38. The zero-order valence-corrected chi connectivity index (χ0v) is 7.00. The minimum absolute atomic E-state index is 0.105. The van der Waals surface area contributed by atoms with Gasteiger partial charge in [-0.25, -0.2) is 8.78 Å². The predicted octanol–water partition coefficient (Wildman–Crippen LogP) is 1.44. The summed E-state index contributed by atoms with van der Waals surface area (Å²) >= 11 is 0. The topological polar surface area (TPSA) is 37.8 Å². The van der Waals surface area contributed by atoms with Crippen LogP contribution in [0.1, 0.15) is 0 Å². The third-order valence-electron chi connectivity index (χ3n) is 1.77. The van der Waals surface area contributed by atoms with Crippen LogP contribution >= 0.6 is 0 Å². The van der Waals surface area contributed by atoms with Crippen LogP contribution in [0.3, 0.4) is 0 Å². The van der Waals surface area contributed by atoms with Gasteiger partial charge < -0.3 is 0 Å². The van der Waals surface area contributed by atoms with Crippen LogP contribution in [-0.4, -0.2) is 9.78 Å². The van der Waals surface area contributed by atoms with E-state index in [2.05, 4.69) is 5.10 Å². The van der Waals surface area contributed by atoms with Crippen molar-refractivity contribution in [2.75, 3.05) is 0 Å². The number of H-pyrrole nitrogens is 1. The first-order valence-electron chi connectivity index (χ1n) is 3.90. The molecule has 0 aliphatic rings. The average Bonchev–Trinajstić information content (AvgIpc) is 2.51. The lowest BCUT2D eigenvalue weighted by molar-refractivity contribution is 0.573. The van der Waals surface area contributed by atoms with Gasteiger partial charge in [0.25, 0.3) is 5.56 Å². The van der Waals surface area contributed by atoms with E-state index in [4.69, 9.17) is 0 Å². The Balaban J connectivity index is 2.57. The molecule has 1 aromatic heterocycles. The van der Waals surface area contributed by atoms with Crippen molar-refractivity contribution in [3.63, 3.8) is 0 Å². The summed E-state index contributed by atoms with van der Waals surface area (Å²) in [7, 11) is 0. The molecule has 2 aromatic rings. The molecule has 0 aliphatic carbocycles. The number of halogens is 2. The zero-order chi connectivity index (χ0) is 10.1. The Morgan fingerprint density at radius 3 is 2.57 bits per heavy atom. The van der Waals surface area contributed by atoms with Crippen LogP contribution in [0.25, 0.3) is 5.69 Å². The number of nitrogens with zero attached hydrogens (tertiary/aromatic N) is 1. The smallest absolute Gasteiger partial charge is 0.264 e. The third kappa shape index (κ3) is 1.44. The van der Waals surface area contributed by atoms with Gasteiger partial charge >= 0.3 is 0 Å². The van der Waals surface area contributed by atoms with Gasteiger partial charge in [0.1, 0.15) is 5.82 Å². The van der Waals surface area contributed by atoms with Crippen LogP contribution < -0.4 is 5.56 Å². The summed E-state index contributed by atoms with van der Waals surface area (Å²) in [4.78, 5) is 10.8. The van der Waals surface area contributed by atoms with Gasteiger partial charge in [-0.05, 0) is 12.1 Å². The fourth-order valence-corrected chi connectivity index (χ4v) is 1.15. The van der Waals surface area contributed by atoms with E-state index >= 15 is 0 Å². The molecular weight excluding hydrogens is 190 g/mol. The average molecular weight is 196 g/mol. The molecule has 0 saturated carbocycles. The lowest BCUT2D eigenvalue weighted by Crippen LogP contribution is -2.04. The summed E-state index contributed by atoms with van der Waals surface area (Å²) in [6.45, 7) is 0. The highest BCUT2D eigenvalue weighted by Crippen LogP contribution is 2.12. The molecule has 0 aliphatic heterocycles. The number of nitrogens with one attached hydrogen (secondary N) is 1. The molecule has 1 heterocycles. The summed E-state index contributed by atoms with van der Waals surface area (Å²) in [6, 6.07) is 4.38. The minimum atomic E-state index is -0.725. The Kier molecular flexibility index (Phi) is 1.92. The van der Waals surface area contributed by atoms with Gasteiger partial charge in [0, 0.05) is 18.3 Å². The normalized spacial score (nSPS) is 10.4. The van der Waals surface area contributed by atoms with E-state index < -0.39 is 11.6 Å². The number of hydrogen-bond donors (Lipinski definition) is 1. The fraction of sp³-hybridized carbons (Fsp3) is 0. The van der Waals surface area contributed by atoms with Crippen molar-refractivity contribution in [2.24, 2.45) is 0 Å². The predicted molar refractivity (Wildman–Crippen MR) is 46.3 cm³/mol. The number of aromatic nitrogens is 2. The van der Waals surface area contributed by atoms with Gasteiger partial charge in [-0.2, -0.15) is 0 Å². The molecular formula is C9H6F2N2O. The minimum Gasteiger partial charge on any atom is -0.268 e. The molecule has 14 heavy (non-hydrogen) atoms. The third-order valence-corrected chi connectivity index (χ3v) is 1.77. The number of aromatic amines is 1. The summed E-state index contributed by atoms with van der Waals surface area (Å²) in [5.41, 5.74) is -0.234. The summed E-state index contributed by atoms with van der Waals surface area (Å²) in [6.07, 6.45) is 1.37. The van der Waals surface area contributed by atoms with E-state index in [9.17, 15) is 13.6 Å². The van der Waals surface area contributed by atoms with Crippen molar-refractivity contribution < 1.29 is 8.78 Å². The van der Waals surface area contributed by atoms with E-state index in [-0.39, 0.29) is 11.2 Å². The zero-order valence-electron chi connectivity index (χ0n) is 7.00. The Labute approximate surface area is 77.6 Å². The van der Waals surface area contributed by atoms with Crippen LogP contribution in [0.2, 0.25) is 0 Å². The van der Waals surface area contributed by atoms with Gasteiger partial charge in [-0.1, -0.05) is 0 Å².